The zero-order chi connectivity index (χ0) is 8.27. The van der Waals surface area contributed by atoms with Crippen LogP contribution in [0.3, 0.4) is 0 Å². The molecule has 0 aliphatic carbocycles. The molecule has 0 aliphatic heterocycles. The number of nitrogens with zero attached hydrogens (tertiary/aromatic N) is 1. The summed E-state index contributed by atoms with van der Waals surface area (Å²) in [7, 11) is 1.57. The van der Waals surface area contributed by atoms with Gasteiger partial charge in [0, 0.05) is 18.9 Å². The molecule has 0 atom stereocenters. The van der Waals surface area contributed by atoms with E-state index in [0.717, 1.165) is 5.69 Å². The Morgan fingerprint density at radius 1 is 1.55 bits per heavy atom. The zero-order valence-electron chi connectivity index (χ0n) is 6.70. The molecule has 1 heterocycles. The predicted octanol–water partition coefficient (Wildman–Crippen LogP) is 0.761. The molecule has 0 amide bonds. The van der Waals surface area contributed by atoms with E-state index >= 15 is 0 Å². The fourth-order valence-corrected chi connectivity index (χ4v) is 0.918. The van der Waals surface area contributed by atoms with Crippen molar-refractivity contribution in [3.63, 3.8) is 0 Å². The van der Waals surface area contributed by atoms with Gasteiger partial charge in [-0.15, -0.1) is 0 Å². The van der Waals surface area contributed by atoms with E-state index in [4.69, 9.17) is 4.74 Å². The van der Waals surface area contributed by atoms with Crippen LogP contribution in [-0.4, -0.2) is 11.7 Å². The summed E-state index contributed by atoms with van der Waals surface area (Å²) in [5.74, 6) is 0. The molecule has 0 aliphatic rings. The zero-order valence-corrected chi connectivity index (χ0v) is 6.70. The van der Waals surface area contributed by atoms with Crippen LogP contribution in [0.4, 0.5) is 0 Å². The van der Waals surface area contributed by atoms with E-state index in [1.165, 1.54) is 6.07 Å². The first-order chi connectivity index (χ1) is 5.25. The molecule has 1 aromatic rings. The second-order valence-electron chi connectivity index (χ2n) is 2.35. The first kappa shape index (κ1) is 8.01. The van der Waals surface area contributed by atoms with Crippen molar-refractivity contribution < 1.29 is 4.74 Å². The van der Waals surface area contributed by atoms with Crippen LogP contribution in [0, 0.1) is 6.92 Å². The average molecular weight is 153 g/mol. The lowest BCUT2D eigenvalue weighted by atomic mass is 10.4. The highest BCUT2D eigenvalue weighted by molar-refractivity contribution is 5.03. The Labute approximate surface area is 65.2 Å². The third kappa shape index (κ3) is 1.68. The first-order valence-electron chi connectivity index (χ1n) is 3.41. The maximum atomic E-state index is 11.1. The molecular weight excluding hydrogens is 142 g/mol. The number of aryl methyl sites for hydroxylation is 1. The van der Waals surface area contributed by atoms with E-state index in [1.54, 1.807) is 17.7 Å². The maximum Gasteiger partial charge on any atom is 0.252 e. The smallest absolute Gasteiger partial charge is 0.252 e. The van der Waals surface area contributed by atoms with Crippen LogP contribution < -0.4 is 5.56 Å². The number of hydrogen-bond acceptors (Lipinski definition) is 2. The van der Waals surface area contributed by atoms with Crippen LogP contribution >= 0.6 is 0 Å². The number of methoxy groups -OCH3 is 1. The number of hydrogen-bond donors (Lipinski definition) is 0. The second kappa shape index (κ2) is 3.34. The van der Waals surface area contributed by atoms with Crippen molar-refractivity contribution >= 4 is 0 Å². The summed E-state index contributed by atoms with van der Waals surface area (Å²) < 4.78 is 6.42. The Balaban J connectivity index is 3.10. The van der Waals surface area contributed by atoms with Gasteiger partial charge in [-0.3, -0.25) is 9.36 Å². The van der Waals surface area contributed by atoms with Gasteiger partial charge in [-0.25, -0.2) is 0 Å². The summed E-state index contributed by atoms with van der Waals surface area (Å²) in [6.45, 7) is 2.20. The van der Waals surface area contributed by atoms with Gasteiger partial charge in [0.25, 0.3) is 5.56 Å². The highest BCUT2D eigenvalue weighted by atomic mass is 16.5. The van der Waals surface area contributed by atoms with Crippen molar-refractivity contribution in [3.8, 4) is 0 Å². The highest BCUT2D eigenvalue weighted by Crippen LogP contribution is 1.92. The van der Waals surface area contributed by atoms with Crippen LogP contribution in [0.2, 0.25) is 0 Å². The molecule has 3 nitrogen and oxygen atoms in total. The van der Waals surface area contributed by atoms with E-state index in [-0.39, 0.29) is 5.56 Å². The van der Waals surface area contributed by atoms with Gasteiger partial charge in [0.15, 0.2) is 0 Å². The molecule has 0 aromatic carbocycles. The van der Waals surface area contributed by atoms with Crippen LogP contribution in [-0.2, 0) is 11.5 Å². The number of rotatable bonds is 2. The van der Waals surface area contributed by atoms with Gasteiger partial charge in [-0.1, -0.05) is 6.07 Å². The molecule has 1 rings (SSSR count). The molecular formula is C8H11NO2. The minimum absolute atomic E-state index is 0.0214. The topological polar surface area (TPSA) is 31.2 Å². The SMILES string of the molecule is COCn1c(C)cccc1=O. The predicted molar refractivity (Wildman–Crippen MR) is 42.4 cm³/mol. The lowest BCUT2D eigenvalue weighted by molar-refractivity contribution is 0.126. The van der Waals surface area contributed by atoms with Gasteiger partial charge >= 0.3 is 0 Å². The fourth-order valence-electron chi connectivity index (χ4n) is 0.918. The monoisotopic (exact) mass is 153 g/mol. The molecule has 60 valence electrons. The van der Waals surface area contributed by atoms with Gasteiger partial charge in [0.1, 0.15) is 6.73 Å². The number of pyridine rings is 1. The van der Waals surface area contributed by atoms with Crippen LogP contribution in [0.25, 0.3) is 0 Å². The minimum Gasteiger partial charge on any atom is -0.364 e. The summed E-state index contributed by atoms with van der Waals surface area (Å²) >= 11 is 0. The molecule has 1 aromatic heterocycles. The fraction of sp³-hybridized carbons (Fsp3) is 0.375. The molecule has 0 radical (unpaired) electrons. The molecule has 0 saturated heterocycles. The summed E-state index contributed by atoms with van der Waals surface area (Å²) in [5.41, 5.74) is 0.895. The van der Waals surface area contributed by atoms with Gasteiger partial charge in [0.2, 0.25) is 0 Å². The quantitative estimate of drug-likeness (QED) is 0.628. The largest absolute Gasteiger partial charge is 0.364 e. The Kier molecular flexibility index (Phi) is 2.44. The van der Waals surface area contributed by atoms with Gasteiger partial charge < -0.3 is 4.74 Å². The second-order valence-corrected chi connectivity index (χ2v) is 2.35. The van der Waals surface area contributed by atoms with Gasteiger partial charge in [-0.2, -0.15) is 0 Å². The molecule has 0 bridgehead atoms. The van der Waals surface area contributed by atoms with E-state index in [2.05, 4.69) is 0 Å². The highest BCUT2D eigenvalue weighted by Gasteiger charge is 1.95. The lowest BCUT2D eigenvalue weighted by Gasteiger charge is -2.06. The van der Waals surface area contributed by atoms with Gasteiger partial charge in [-0.05, 0) is 13.0 Å². The Morgan fingerprint density at radius 2 is 2.27 bits per heavy atom. The van der Waals surface area contributed by atoms with E-state index in [0.29, 0.717) is 6.73 Å². The molecule has 0 unspecified atom stereocenters. The Morgan fingerprint density at radius 3 is 2.82 bits per heavy atom. The number of aromatic nitrogens is 1. The van der Waals surface area contributed by atoms with Crippen molar-refractivity contribution in [1.29, 1.82) is 0 Å². The van der Waals surface area contributed by atoms with Crippen molar-refractivity contribution in [3.05, 3.63) is 34.2 Å². The standard InChI is InChI=1S/C8H11NO2/c1-7-4-3-5-8(10)9(7)6-11-2/h3-5H,6H2,1-2H3. The average Bonchev–Trinajstić information content (AvgIpc) is 1.97. The van der Waals surface area contributed by atoms with Crippen LogP contribution in [0.15, 0.2) is 23.0 Å². The van der Waals surface area contributed by atoms with Crippen molar-refractivity contribution in [1.82, 2.24) is 4.57 Å². The third-order valence-corrected chi connectivity index (χ3v) is 1.53. The maximum absolute atomic E-state index is 11.1. The summed E-state index contributed by atoms with van der Waals surface area (Å²) in [5, 5.41) is 0. The normalized spacial score (nSPS) is 10.0. The first-order valence-corrected chi connectivity index (χ1v) is 3.41. The van der Waals surface area contributed by atoms with Gasteiger partial charge in [0.05, 0.1) is 0 Å². The molecule has 3 heteroatoms. The third-order valence-electron chi connectivity index (χ3n) is 1.53. The molecule has 11 heavy (non-hydrogen) atoms. The van der Waals surface area contributed by atoms with Crippen LogP contribution in [0.5, 0.6) is 0 Å². The van der Waals surface area contributed by atoms with E-state index in [1.807, 2.05) is 13.0 Å². The van der Waals surface area contributed by atoms with Crippen molar-refractivity contribution in [2.75, 3.05) is 7.11 Å². The van der Waals surface area contributed by atoms with E-state index < -0.39 is 0 Å². The molecule has 0 saturated carbocycles. The Bertz CT molecular complexity index is 290. The molecule has 0 spiro atoms. The molecule has 0 N–H and O–H groups in total. The van der Waals surface area contributed by atoms with Crippen LogP contribution in [0.1, 0.15) is 5.69 Å². The summed E-state index contributed by atoms with van der Waals surface area (Å²) in [6.07, 6.45) is 0. The summed E-state index contributed by atoms with van der Waals surface area (Å²) in [4.78, 5) is 11.1. The van der Waals surface area contributed by atoms with E-state index in [9.17, 15) is 4.79 Å². The van der Waals surface area contributed by atoms with Crippen molar-refractivity contribution in [2.24, 2.45) is 0 Å². The Hall–Kier alpha value is -1.09. The molecule has 0 fully saturated rings. The lowest BCUT2D eigenvalue weighted by Crippen LogP contribution is -2.21. The summed E-state index contributed by atoms with van der Waals surface area (Å²) in [6, 6.07) is 5.14. The van der Waals surface area contributed by atoms with Crippen molar-refractivity contribution in [2.45, 2.75) is 13.7 Å². The minimum atomic E-state index is -0.0214. The number of ether oxygens (including phenoxy) is 1.